The summed E-state index contributed by atoms with van der Waals surface area (Å²) in [5.74, 6) is 1.86. The summed E-state index contributed by atoms with van der Waals surface area (Å²) in [5, 5.41) is 10.7. The molecule has 1 aliphatic heterocycles. The van der Waals surface area contributed by atoms with Gasteiger partial charge in [0.15, 0.2) is 17.3 Å². The number of hydrogen-bond acceptors (Lipinski definition) is 6. The SMILES string of the molecule is CCCN(CCC)Cc1c(O)cc(C)c2c1O/C(=C/c1ccc(OC)c(OC)c1)C2=O. The number of hydrogen-bond donors (Lipinski definition) is 1. The quantitative estimate of drug-likeness (QED) is 0.573. The van der Waals surface area contributed by atoms with Crippen molar-refractivity contribution in [3.8, 4) is 23.0 Å². The standard InChI is InChI=1S/C25H31NO5/c1-6-10-26(11-7-2)15-18-19(27)12-16(3)23-24(28)22(31-25(18)23)14-17-8-9-20(29-4)21(13-17)30-5/h8-9,12-14,27H,6-7,10-11,15H2,1-5H3/b22-14+. The van der Waals surface area contributed by atoms with Crippen LogP contribution >= 0.6 is 0 Å². The minimum Gasteiger partial charge on any atom is -0.507 e. The van der Waals surface area contributed by atoms with Crippen LogP contribution in [0.1, 0.15) is 53.7 Å². The summed E-state index contributed by atoms with van der Waals surface area (Å²) in [6, 6.07) is 7.07. The van der Waals surface area contributed by atoms with Crippen molar-refractivity contribution in [1.29, 1.82) is 0 Å². The van der Waals surface area contributed by atoms with Crippen molar-refractivity contribution in [3.63, 3.8) is 0 Å². The van der Waals surface area contributed by atoms with Crippen LogP contribution in [0.2, 0.25) is 0 Å². The predicted octanol–water partition coefficient (Wildman–Crippen LogP) is 4.96. The van der Waals surface area contributed by atoms with Gasteiger partial charge in [-0.25, -0.2) is 0 Å². The number of fused-ring (bicyclic) bond motifs is 1. The third-order valence-corrected chi connectivity index (χ3v) is 5.39. The Morgan fingerprint density at radius 1 is 1.06 bits per heavy atom. The van der Waals surface area contributed by atoms with E-state index in [4.69, 9.17) is 14.2 Å². The molecule has 1 N–H and O–H groups in total. The highest BCUT2D eigenvalue weighted by Crippen LogP contribution is 2.42. The first-order chi connectivity index (χ1) is 14.9. The second kappa shape index (κ2) is 9.88. The number of benzene rings is 2. The number of rotatable bonds is 9. The minimum absolute atomic E-state index is 0.161. The van der Waals surface area contributed by atoms with Crippen LogP contribution in [0, 0.1) is 6.92 Å². The van der Waals surface area contributed by atoms with Crippen molar-refractivity contribution >= 4 is 11.9 Å². The van der Waals surface area contributed by atoms with Gasteiger partial charge in [0.1, 0.15) is 11.5 Å². The Morgan fingerprint density at radius 3 is 2.35 bits per heavy atom. The minimum atomic E-state index is -0.180. The summed E-state index contributed by atoms with van der Waals surface area (Å²) >= 11 is 0. The molecule has 6 heteroatoms. The molecule has 0 atom stereocenters. The topological polar surface area (TPSA) is 68.2 Å². The van der Waals surface area contributed by atoms with Gasteiger partial charge >= 0.3 is 0 Å². The molecule has 0 bridgehead atoms. The first-order valence-electron chi connectivity index (χ1n) is 10.7. The van der Waals surface area contributed by atoms with Crippen LogP contribution in [0.15, 0.2) is 30.0 Å². The zero-order valence-electron chi connectivity index (χ0n) is 18.9. The number of carbonyl (C=O) groups is 1. The molecule has 3 rings (SSSR count). The molecular weight excluding hydrogens is 394 g/mol. The number of aryl methyl sites for hydroxylation is 1. The Kier molecular flexibility index (Phi) is 7.23. The Labute approximate surface area is 184 Å². The van der Waals surface area contributed by atoms with E-state index in [1.807, 2.05) is 13.0 Å². The van der Waals surface area contributed by atoms with E-state index < -0.39 is 0 Å². The lowest BCUT2D eigenvalue weighted by molar-refractivity contribution is 0.101. The lowest BCUT2D eigenvalue weighted by Crippen LogP contribution is -2.25. The predicted molar refractivity (Wildman–Crippen MR) is 121 cm³/mol. The van der Waals surface area contributed by atoms with Gasteiger partial charge < -0.3 is 19.3 Å². The van der Waals surface area contributed by atoms with Gasteiger partial charge in [-0.2, -0.15) is 0 Å². The van der Waals surface area contributed by atoms with Crippen molar-refractivity contribution < 1.29 is 24.1 Å². The van der Waals surface area contributed by atoms with Crippen LogP contribution in [0.25, 0.3) is 6.08 Å². The highest BCUT2D eigenvalue weighted by molar-refractivity contribution is 6.15. The van der Waals surface area contributed by atoms with Gasteiger partial charge in [-0.15, -0.1) is 0 Å². The van der Waals surface area contributed by atoms with E-state index in [-0.39, 0.29) is 17.3 Å². The maximum absolute atomic E-state index is 13.2. The molecule has 0 radical (unpaired) electrons. The van der Waals surface area contributed by atoms with E-state index in [1.54, 1.807) is 38.5 Å². The van der Waals surface area contributed by atoms with Gasteiger partial charge in [0.2, 0.25) is 5.78 Å². The molecule has 2 aromatic rings. The highest BCUT2D eigenvalue weighted by atomic mass is 16.5. The third kappa shape index (κ3) is 4.69. The number of ketones is 1. The van der Waals surface area contributed by atoms with Crippen LogP contribution in [0.5, 0.6) is 23.0 Å². The molecule has 0 saturated heterocycles. The van der Waals surface area contributed by atoms with Gasteiger partial charge in [-0.1, -0.05) is 19.9 Å². The number of ether oxygens (including phenoxy) is 3. The molecule has 0 unspecified atom stereocenters. The summed E-state index contributed by atoms with van der Waals surface area (Å²) in [7, 11) is 3.14. The monoisotopic (exact) mass is 425 g/mol. The fourth-order valence-electron chi connectivity index (χ4n) is 3.95. The van der Waals surface area contributed by atoms with Crippen LogP contribution in [-0.2, 0) is 6.54 Å². The molecule has 2 aromatic carbocycles. The highest BCUT2D eigenvalue weighted by Gasteiger charge is 2.33. The van der Waals surface area contributed by atoms with Gasteiger partial charge in [-0.05, 0) is 68.3 Å². The molecule has 0 aromatic heterocycles. The Hall–Kier alpha value is -2.99. The van der Waals surface area contributed by atoms with Crippen LogP contribution in [0.3, 0.4) is 0 Å². The van der Waals surface area contributed by atoms with Gasteiger partial charge in [-0.3, -0.25) is 9.69 Å². The lowest BCUT2D eigenvalue weighted by Gasteiger charge is -2.22. The summed E-state index contributed by atoms with van der Waals surface area (Å²) in [4.78, 5) is 15.4. The number of phenols is 1. The van der Waals surface area contributed by atoms with E-state index in [9.17, 15) is 9.90 Å². The van der Waals surface area contributed by atoms with E-state index in [2.05, 4.69) is 18.7 Å². The third-order valence-electron chi connectivity index (χ3n) is 5.39. The molecule has 1 aliphatic rings. The smallest absolute Gasteiger partial charge is 0.232 e. The summed E-state index contributed by atoms with van der Waals surface area (Å²) in [5.41, 5.74) is 2.64. The number of nitrogens with zero attached hydrogens (tertiary/aromatic N) is 1. The zero-order chi connectivity index (χ0) is 22.5. The van der Waals surface area contributed by atoms with E-state index in [0.29, 0.717) is 40.5 Å². The van der Waals surface area contributed by atoms with Crippen LogP contribution < -0.4 is 14.2 Å². The molecule has 0 saturated carbocycles. The van der Waals surface area contributed by atoms with Gasteiger partial charge in [0, 0.05) is 6.54 Å². The largest absolute Gasteiger partial charge is 0.507 e. The number of methoxy groups -OCH3 is 2. The first-order valence-corrected chi connectivity index (χ1v) is 10.7. The molecule has 0 aliphatic carbocycles. The molecule has 166 valence electrons. The normalized spacial score (nSPS) is 14.1. The summed E-state index contributed by atoms with van der Waals surface area (Å²) in [6.45, 7) is 8.44. The molecule has 0 spiro atoms. The molecule has 0 fully saturated rings. The van der Waals surface area contributed by atoms with Crippen molar-refractivity contribution in [2.24, 2.45) is 0 Å². The van der Waals surface area contributed by atoms with Crippen LogP contribution in [-0.4, -0.2) is 43.1 Å². The molecule has 31 heavy (non-hydrogen) atoms. The van der Waals surface area contributed by atoms with Crippen molar-refractivity contribution in [2.75, 3.05) is 27.3 Å². The maximum atomic E-state index is 13.2. The Morgan fingerprint density at radius 2 is 1.74 bits per heavy atom. The molecular formula is C25H31NO5. The van der Waals surface area contributed by atoms with Crippen molar-refractivity contribution in [2.45, 2.75) is 40.2 Å². The van der Waals surface area contributed by atoms with E-state index >= 15 is 0 Å². The Bertz CT molecular complexity index is 990. The second-order valence-electron chi connectivity index (χ2n) is 7.73. The van der Waals surface area contributed by atoms with Crippen LogP contribution in [0.4, 0.5) is 0 Å². The van der Waals surface area contributed by atoms with Gasteiger partial charge in [0.05, 0.1) is 25.3 Å². The molecule has 6 nitrogen and oxygen atoms in total. The Balaban J connectivity index is 1.99. The summed E-state index contributed by atoms with van der Waals surface area (Å²) < 4.78 is 16.7. The second-order valence-corrected chi connectivity index (χ2v) is 7.73. The number of phenolic OH excluding ortho intramolecular Hbond substituents is 1. The average Bonchev–Trinajstić information content (AvgIpc) is 3.07. The lowest BCUT2D eigenvalue weighted by atomic mass is 9.99. The number of Topliss-reactive ketones (excluding diaryl/α,β-unsaturated/α-hetero) is 1. The number of allylic oxidation sites excluding steroid dienone is 1. The molecule has 0 amide bonds. The first kappa shape index (κ1) is 22.7. The van der Waals surface area contributed by atoms with E-state index in [1.165, 1.54) is 0 Å². The fourth-order valence-corrected chi connectivity index (χ4v) is 3.95. The maximum Gasteiger partial charge on any atom is 0.232 e. The number of aromatic hydroxyl groups is 1. The van der Waals surface area contributed by atoms with Crippen molar-refractivity contribution in [1.82, 2.24) is 4.90 Å². The van der Waals surface area contributed by atoms with Gasteiger partial charge in [0.25, 0.3) is 0 Å². The number of carbonyl (C=O) groups excluding carboxylic acids is 1. The zero-order valence-corrected chi connectivity index (χ0v) is 18.9. The summed E-state index contributed by atoms with van der Waals surface area (Å²) in [6.07, 6.45) is 3.72. The average molecular weight is 426 g/mol. The fraction of sp³-hybridized carbons (Fsp3) is 0.400. The molecule has 1 heterocycles. The van der Waals surface area contributed by atoms with E-state index in [0.717, 1.165) is 31.5 Å². The van der Waals surface area contributed by atoms with Crippen molar-refractivity contribution in [3.05, 3.63) is 52.3 Å².